The second-order valence-corrected chi connectivity index (χ2v) is 7.50. The van der Waals surface area contributed by atoms with Gasteiger partial charge in [-0.2, -0.15) is 10.1 Å². The van der Waals surface area contributed by atoms with Crippen LogP contribution in [0.5, 0.6) is 0 Å². The minimum Gasteiger partial charge on any atom is -0.338 e. The highest BCUT2D eigenvalue weighted by Gasteiger charge is 2.11. The van der Waals surface area contributed by atoms with Crippen LogP contribution in [-0.2, 0) is 13.0 Å². The van der Waals surface area contributed by atoms with Crippen molar-refractivity contribution < 1.29 is 8.91 Å². The van der Waals surface area contributed by atoms with E-state index in [4.69, 9.17) is 4.52 Å². The lowest BCUT2D eigenvalue weighted by Crippen LogP contribution is -2.19. The highest BCUT2D eigenvalue weighted by Crippen LogP contribution is 2.19. The van der Waals surface area contributed by atoms with Gasteiger partial charge in [0.1, 0.15) is 5.82 Å². The number of nitrogens with zero attached hydrogens (tertiary/aromatic N) is 4. The van der Waals surface area contributed by atoms with E-state index in [1.165, 1.54) is 17.7 Å². The van der Waals surface area contributed by atoms with Crippen molar-refractivity contribution in [3.8, 4) is 22.6 Å². The van der Waals surface area contributed by atoms with Gasteiger partial charge < -0.3 is 4.52 Å². The summed E-state index contributed by atoms with van der Waals surface area (Å²) in [4.78, 5) is 6.65. The van der Waals surface area contributed by atoms with Crippen molar-refractivity contribution in [2.75, 3.05) is 13.6 Å². The fourth-order valence-corrected chi connectivity index (χ4v) is 3.25. The lowest BCUT2D eigenvalue weighted by Gasteiger charge is -2.13. The number of aryl methyl sites for hydroxylation is 2. The van der Waals surface area contributed by atoms with E-state index in [9.17, 15) is 4.39 Å². The van der Waals surface area contributed by atoms with E-state index in [-0.39, 0.29) is 5.82 Å². The van der Waals surface area contributed by atoms with Crippen molar-refractivity contribution in [2.24, 2.45) is 0 Å². The summed E-state index contributed by atoms with van der Waals surface area (Å²) in [6.07, 6.45) is 1.83. The Morgan fingerprint density at radius 2 is 1.77 bits per heavy atom. The number of benzene rings is 2. The molecule has 0 unspecified atom stereocenters. The van der Waals surface area contributed by atoms with Gasteiger partial charge in [-0.3, -0.25) is 10.00 Å². The number of H-pyrrole nitrogens is 1. The summed E-state index contributed by atoms with van der Waals surface area (Å²) in [5.41, 5.74) is 4.94. The molecule has 6 nitrogen and oxygen atoms in total. The zero-order valence-corrected chi connectivity index (χ0v) is 17.1. The molecule has 0 bridgehead atoms. The van der Waals surface area contributed by atoms with E-state index in [0.29, 0.717) is 18.3 Å². The first kappa shape index (κ1) is 20.0. The van der Waals surface area contributed by atoms with E-state index in [1.54, 1.807) is 12.1 Å². The molecular formula is C23H24FN5O. The van der Waals surface area contributed by atoms with Gasteiger partial charge in [0.25, 0.3) is 0 Å². The van der Waals surface area contributed by atoms with Crippen LogP contribution in [0, 0.1) is 12.7 Å². The molecule has 154 valence electrons. The summed E-state index contributed by atoms with van der Waals surface area (Å²) in [5.74, 6) is 0.974. The summed E-state index contributed by atoms with van der Waals surface area (Å²) in [5, 5.41) is 11.5. The first-order valence-electron chi connectivity index (χ1n) is 9.95. The average Bonchev–Trinajstić information content (AvgIpc) is 3.39. The molecule has 7 heteroatoms. The maximum Gasteiger partial charge on any atom is 0.241 e. The molecule has 2 aromatic carbocycles. The van der Waals surface area contributed by atoms with Gasteiger partial charge in [-0.15, -0.1) is 0 Å². The fraction of sp³-hybridized carbons (Fsp3) is 0.261. The lowest BCUT2D eigenvalue weighted by atomic mass is 10.1. The number of hydrogen-bond donors (Lipinski definition) is 1. The SMILES string of the molecule is Cc1ccc(-c2noc(CN(C)CCCc3cc(-c4ccc(F)cc4)n[nH]3)n2)cc1. The molecule has 2 heterocycles. The minimum absolute atomic E-state index is 0.246. The largest absolute Gasteiger partial charge is 0.338 e. The molecule has 0 spiro atoms. The predicted octanol–water partition coefficient (Wildman–Crippen LogP) is 4.64. The molecule has 0 amide bonds. The quantitative estimate of drug-likeness (QED) is 0.462. The topological polar surface area (TPSA) is 70.8 Å². The fourth-order valence-electron chi connectivity index (χ4n) is 3.25. The summed E-state index contributed by atoms with van der Waals surface area (Å²) in [7, 11) is 2.03. The average molecular weight is 405 g/mol. The molecule has 0 atom stereocenters. The van der Waals surface area contributed by atoms with Crippen LogP contribution in [-0.4, -0.2) is 38.8 Å². The maximum atomic E-state index is 13.1. The highest BCUT2D eigenvalue weighted by molar-refractivity contribution is 5.59. The van der Waals surface area contributed by atoms with Crippen LogP contribution in [0.1, 0.15) is 23.6 Å². The van der Waals surface area contributed by atoms with Crippen LogP contribution >= 0.6 is 0 Å². The second-order valence-electron chi connectivity index (χ2n) is 7.50. The summed E-state index contributed by atoms with van der Waals surface area (Å²) in [6.45, 7) is 3.53. The van der Waals surface area contributed by atoms with Gasteiger partial charge >= 0.3 is 0 Å². The van der Waals surface area contributed by atoms with Gasteiger partial charge in [-0.05, 0) is 63.7 Å². The highest BCUT2D eigenvalue weighted by atomic mass is 19.1. The zero-order chi connectivity index (χ0) is 20.9. The molecule has 0 saturated heterocycles. The first-order chi connectivity index (χ1) is 14.6. The number of aromatic nitrogens is 4. The van der Waals surface area contributed by atoms with Crippen LogP contribution in [0.25, 0.3) is 22.6 Å². The lowest BCUT2D eigenvalue weighted by molar-refractivity contribution is 0.264. The number of halogens is 1. The third-order valence-corrected chi connectivity index (χ3v) is 4.94. The Hall–Kier alpha value is -3.32. The van der Waals surface area contributed by atoms with Gasteiger partial charge in [-0.1, -0.05) is 35.0 Å². The number of rotatable bonds is 8. The molecular weight excluding hydrogens is 381 g/mol. The predicted molar refractivity (Wildman–Crippen MR) is 113 cm³/mol. The van der Waals surface area contributed by atoms with Gasteiger partial charge in [0.05, 0.1) is 12.2 Å². The Morgan fingerprint density at radius 3 is 2.53 bits per heavy atom. The summed E-state index contributed by atoms with van der Waals surface area (Å²) in [6, 6.07) is 16.4. The molecule has 2 aromatic heterocycles. The molecule has 0 saturated carbocycles. The van der Waals surface area contributed by atoms with Crippen LogP contribution in [0.3, 0.4) is 0 Å². The Balaban J connectivity index is 1.26. The second kappa shape index (κ2) is 9.00. The third-order valence-electron chi connectivity index (χ3n) is 4.94. The number of nitrogens with one attached hydrogen (secondary N) is 1. The Bertz CT molecular complexity index is 1090. The molecule has 0 aliphatic heterocycles. The van der Waals surface area contributed by atoms with Crippen molar-refractivity contribution in [3.05, 3.63) is 77.6 Å². The van der Waals surface area contributed by atoms with Crippen molar-refractivity contribution in [1.29, 1.82) is 0 Å². The Morgan fingerprint density at radius 1 is 1.03 bits per heavy atom. The monoisotopic (exact) mass is 405 g/mol. The van der Waals surface area contributed by atoms with E-state index >= 15 is 0 Å². The molecule has 0 aliphatic carbocycles. The van der Waals surface area contributed by atoms with E-state index in [2.05, 4.69) is 25.2 Å². The molecule has 1 N–H and O–H groups in total. The third kappa shape index (κ3) is 4.99. The van der Waals surface area contributed by atoms with Crippen LogP contribution in [0.15, 0.2) is 59.1 Å². The molecule has 4 rings (SSSR count). The van der Waals surface area contributed by atoms with E-state index < -0.39 is 0 Å². The molecule has 4 aromatic rings. The van der Waals surface area contributed by atoms with Crippen molar-refractivity contribution in [2.45, 2.75) is 26.3 Å². The minimum atomic E-state index is -0.246. The Kier molecular flexibility index (Phi) is 5.99. The van der Waals surface area contributed by atoms with Crippen molar-refractivity contribution >= 4 is 0 Å². The number of aromatic amines is 1. The van der Waals surface area contributed by atoms with Gasteiger partial charge in [-0.25, -0.2) is 4.39 Å². The standard InChI is InChI=1S/C23H24FN5O/c1-16-5-7-18(8-6-16)23-25-22(30-28-23)15-29(2)13-3-4-20-14-21(27-26-20)17-9-11-19(24)12-10-17/h5-12,14H,3-4,13,15H2,1-2H3,(H,26,27). The Labute approximate surface area is 174 Å². The molecule has 0 aliphatic rings. The van der Waals surface area contributed by atoms with Gasteiger partial charge in [0.2, 0.25) is 11.7 Å². The van der Waals surface area contributed by atoms with Crippen LogP contribution in [0.4, 0.5) is 4.39 Å². The van der Waals surface area contributed by atoms with Crippen LogP contribution < -0.4 is 0 Å². The smallest absolute Gasteiger partial charge is 0.241 e. The summed E-state index contributed by atoms with van der Waals surface area (Å²) < 4.78 is 18.5. The zero-order valence-electron chi connectivity index (χ0n) is 17.1. The molecule has 0 radical (unpaired) electrons. The first-order valence-corrected chi connectivity index (χ1v) is 9.95. The number of hydrogen-bond acceptors (Lipinski definition) is 5. The molecule has 30 heavy (non-hydrogen) atoms. The van der Waals surface area contributed by atoms with Crippen LogP contribution in [0.2, 0.25) is 0 Å². The normalized spacial score (nSPS) is 11.3. The van der Waals surface area contributed by atoms with Crippen molar-refractivity contribution in [1.82, 2.24) is 25.2 Å². The van der Waals surface area contributed by atoms with Gasteiger partial charge in [0, 0.05) is 16.8 Å². The van der Waals surface area contributed by atoms with Gasteiger partial charge in [0.15, 0.2) is 0 Å². The van der Waals surface area contributed by atoms with E-state index in [1.807, 2.05) is 44.3 Å². The summed E-state index contributed by atoms with van der Waals surface area (Å²) >= 11 is 0. The van der Waals surface area contributed by atoms with Crippen molar-refractivity contribution in [3.63, 3.8) is 0 Å². The van der Waals surface area contributed by atoms with E-state index in [0.717, 1.165) is 41.9 Å². The maximum absolute atomic E-state index is 13.1. The molecule has 0 fully saturated rings.